The highest BCUT2D eigenvalue weighted by atomic mass is 16.4. The lowest BCUT2D eigenvalue weighted by molar-refractivity contribution is -0.142. The minimum Gasteiger partial charge on any atom is -0.481 e. The van der Waals surface area contributed by atoms with E-state index in [2.05, 4.69) is 10.3 Å². The number of H-pyrrole nitrogens is 1. The predicted molar refractivity (Wildman–Crippen MR) is 86.4 cm³/mol. The molecule has 0 aliphatic rings. The third-order valence-electron chi connectivity index (χ3n) is 3.72. The zero-order chi connectivity index (χ0) is 17.7. The highest BCUT2D eigenvalue weighted by molar-refractivity contribution is 5.88. The Morgan fingerprint density at radius 3 is 2.58 bits per heavy atom. The Balaban J connectivity index is 2.05. The van der Waals surface area contributed by atoms with Gasteiger partial charge in [0.25, 0.3) is 0 Å². The summed E-state index contributed by atoms with van der Waals surface area (Å²) in [4.78, 5) is 36.9. The van der Waals surface area contributed by atoms with Gasteiger partial charge in [-0.3, -0.25) is 9.59 Å². The average Bonchev–Trinajstić information content (AvgIpc) is 2.94. The van der Waals surface area contributed by atoms with Gasteiger partial charge in [0.15, 0.2) is 0 Å². The van der Waals surface area contributed by atoms with Gasteiger partial charge >= 0.3 is 11.9 Å². The fourth-order valence-corrected chi connectivity index (χ4v) is 2.41. The van der Waals surface area contributed by atoms with Crippen LogP contribution in [0.5, 0.6) is 0 Å². The topological polar surface area (TPSA) is 146 Å². The lowest BCUT2D eigenvalue weighted by Gasteiger charge is -2.17. The summed E-state index contributed by atoms with van der Waals surface area (Å²) in [6.07, 6.45) is 1.49. The van der Waals surface area contributed by atoms with E-state index in [1.165, 1.54) is 0 Å². The molecule has 0 fully saturated rings. The Kier molecular flexibility index (Phi) is 5.54. The van der Waals surface area contributed by atoms with E-state index in [0.717, 1.165) is 16.5 Å². The maximum atomic E-state index is 12.0. The summed E-state index contributed by atoms with van der Waals surface area (Å²) in [6.45, 7) is 0. The molecule has 2 aromatic rings. The Morgan fingerprint density at radius 2 is 1.92 bits per heavy atom. The molecule has 0 saturated carbocycles. The van der Waals surface area contributed by atoms with Gasteiger partial charge < -0.3 is 26.2 Å². The third-order valence-corrected chi connectivity index (χ3v) is 3.72. The summed E-state index contributed by atoms with van der Waals surface area (Å²) in [5.74, 6) is -2.92. The Bertz CT molecular complexity index is 755. The van der Waals surface area contributed by atoms with Crippen LogP contribution in [0.1, 0.15) is 18.4 Å². The Labute approximate surface area is 137 Å². The molecule has 8 nitrogen and oxygen atoms in total. The number of aliphatic carboxylic acids is 2. The number of hydrogen-bond donors (Lipinski definition) is 5. The fraction of sp³-hybridized carbons (Fsp3) is 0.312. The predicted octanol–water partition coefficient (Wildman–Crippen LogP) is 0.472. The molecular formula is C16H19N3O5. The Hall–Kier alpha value is -2.87. The van der Waals surface area contributed by atoms with E-state index in [1.54, 1.807) is 6.20 Å². The molecule has 8 heteroatoms. The van der Waals surface area contributed by atoms with Crippen LogP contribution in [-0.4, -0.2) is 45.1 Å². The normalized spacial score (nSPS) is 13.4. The highest BCUT2D eigenvalue weighted by Gasteiger charge is 2.24. The number of carbonyl (C=O) groups excluding carboxylic acids is 1. The number of carbonyl (C=O) groups is 3. The van der Waals surface area contributed by atoms with Gasteiger partial charge in [0.2, 0.25) is 5.91 Å². The first-order chi connectivity index (χ1) is 11.4. The zero-order valence-corrected chi connectivity index (χ0v) is 12.9. The van der Waals surface area contributed by atoms with Crippen molar-refractivity contribution in [2.75, 3.05) is 0 Å². The summed E-state index contributed by atoms with van der Waals surface area (Å²) < 4.78 is 0. The number of carboxylic acid groups (broad SMARTS) is 2. The van der Waals surface area contributed by atoms with Crippen LogP contribution in [0.2, 0.25) is 0 Å². The molecule has 1 aromatic heterocycles. The Morgan fingerprint density at radius 1 is 1.21 bits per heavy atom. The molecular weight excluding hydrogens is 314 g/mol. The molecule has 1 unspecified atom stereocenters. The van der Waals surface area contributed by atoms with Crippen LogP contribution in [0.3, 0.4) is 0 Å². The number of fused-ring (bicyclic) bond motifs is 1. The first-order valence-electron chi connectivity index (χ1n) is 7.44. The molecule has 128 valence electrons. The molecule has 1 aromatic carbocycles. The van der Waals surface area contributed by atoms with Crippen LogP contribution in [0.4, 0.5) is 0 Å². The molecule has 0 aliphatic heterocycles. The van der Waals surface area contributed by atoms with Crippen LogP contribution >= 0.6 is 0 Å². The second-order valence-electron chi connectivity index (χ2n) is 5.50. The number of para-hydroxylation sites is 1. The lowest BCUT2D eigenvalue weighted by Crippen LogP contribution is -2.49. The number of amides is 1. The quantitative estimate of drug-likeness (QED) is 0.475. The number of hydrogen-bond acceptors (Lipinski definition) is 4. The molecule has 2 rings (SSSR count). The molecule has 0 radical (unpaired) electrons. The van der Waals surface area contributed by atoms with Gasteiger partial charge in [-0.25, -0.2) is 4.79 Å². The van der Waals surface area contributed by atoms with E-state index in [4.69, 9.17) is 10.8 Å². The maximum Gasteiger partial charge on any atom is 0.326 e. The minimum absolute atomic E-state index is 0.0550. The fourth-order valence-electron chi connectivity index (χ4n) is 2.41. The molecule has 24 heavy (non-hydrogen) atoms. The minimum atomic E-state index is -1.18. The average molecular weight is 333 g/mol. The standard InChI is InChI=1S/C16H19N3O5/c17-11(5-6-14(20)21)15(22)19-13(16(23)24)7-9-8-18-12-4-2-1-3-10(9)12/h1-4,8,11,13,18H,5-7,17H2,(H,19,22)(H,20,21)(H,23,24)/t11?,13-/m1/s1. The smallest absolute Gasteiger partial charge is 0.326 e. The van der Waals surface area contributed by atoms with Gasteiger partial charge in [0, 0.05) is 29.9 Å². The second-order valence-corrected chi connectivity index (χ2v) is 5.50. The van der Waals surface area contributed by atoms with E-state index in [1.807, 2.05) is 24.3 Å². The van der Waals surface area contributed by atoms with Crippen LogP contribution in [-0.2, 0) is 20.8 Å². The van der Waals surface area contributed by atoms with E-state index in [-0.39, 0.29) is 19.3 Å². The molecule has 1 amide bonds. The van der Waals surface area contributed by atoms with Crippen molar-refractivity contribution in [1.82, 2.24) is 10.3 Å². The number of nitrogens with two attached hydrogens (primary N) is 1. The van der Waals surface area contributed by atoms with Crippen molar-refractivity contribution in [3.05, 3.63) is 36.0 Å². The first-order valence-corrected chi connectivity index (χ1v) is 7.44. The van der Waals surface area contributed by atoms with Gasteiger partial charge in [-0.2, -0.15) is 0 Å². The molecule has 1 heterocycles. The van der Waals surface area contributed by atoms with Crippen molar-refractivity contribution in [3.8, 4) is 0 Å². The van der Waals surface area contributed by atoms with Crippen LogP contribution < -0.4 is 11.1 Å². The first kappa shape index (κ1) is 17.5. The molecule has 2 atom stereocenters. The summed E-state index contributed by atoms with van der Waals surface area (Å²) in [6, 6.07) is 5.23. The largest absolute Gasteiger partial charge is 0.481 e. The summed E-state index contributed by atoms with van der Waals surface area (Å²) in [5.41, 5.74) is 7.24. The third kappa shape index (κ3) is 4.32. The summed E-state index contributed by atoms with van der Waals surface area (Å²) in [7, 11) is 0. The number of nitrogens with one attached hydrogen (secondary N) is 2. The van der Waals surface area contributed by atoms with Crippen LogP contribution in [0, 0.1) is 0 Å². The second kappa shape index (κ2) is 7.60. The van der Waals surface area contributed by atoms with E-state index in [0.29, 0.717) is 0 Å². The lowest BCUT2D eigenvalue weighted by atomic mass is 10.0. The molecule has 0 bridgehead atoms. The maximum absolute atomic E-state index is 12.0. The van der Waals surface area contributed by atoms with Gasteiger partial charge in [0.05, 0.1) is 6.04 Å². The molecule has 0 saturated heterocycles. The molecule has 0 spiro atoms. The monoisotopic (exact) mass is 333 g/mol. The van der Waals surface area contributed by atoms with Crippen molar-refractivity contribution < 1.29 is 24.6 Å². The zero-order valence-electron chi connectivity index (χ0n) is 12.9. The van der Waals surface area contributed by atoms with Crippen molar-refractivity contribution in [2.45, 2.75) is 31.3 Å². The number of benzene rings is 1. The SMILES string of the molecule is NC(CCC(=O)O)C(=O)N[C@H](Cc1c[nH]c2ccccc12)C(=O)O. The van der Waals surface area contributed by atoms with Crippen molar-refractivity contribution in [2.24, 2.45) is 5.73 Å². The van der Waals surface area contributed by atoms with Crippen LogP contribution in [0.15, 0.2) is 30.5 Å². The van der Waals surface area contributed by atoms with Gasteiger partial charge in [-0.15, -0.1) is 0 Å². The highest BCUT2D eigenvalue weighted by Crippen LogP contribution is 2.19. The summed E-state index contributed by atoms with van der Waals surface area (Å²) in [5, 5.41) is 21.2. The van der Waals surface area contributed by atoms with E-state index >= 15 is 0 Å². The van der Waals surface area contributed by atoms with Crippen molar-refractivity contribution in [3.63, 3.8) is 0 Å². The number of aromatic nitrogens is 1. The van der Waals surface area contributed by atoms with Gasteiger partial charge in [-0.05, 0) is 18.1 Å². The van der Waals surface area contributed by atoms with Crippen molar-refractivity contribution >= 4 is 28.7 Å². The number of rotatable bonds is 8. The van der Waals surface area contributed by atoms with Crippen LogP contribution in [0.25, 0.3) is 10.9 Å². The van der Waals surface area contributed by atoms with Crippen molar-refractivity contribution in [1.29, 1.82) is 0 Å². The number of aromatic amines is 1. The summed E-state index contributed by atoms with van der Waals surface area (Å²) >= 11 is 0. The molecule has 0 aliphatic carbocycles. The molecule has 6 N–H and O–H groups in total. The van der Waals surface area contributed by atoms with E-state index < -0.39 is 29.9 Å². The van der Waals surface area contributed by atoms with E-state index in [9.17, 15) is 19.5 Å². The van der Waals surface area contributed by atoms with Gasteiger partial charge in [-0.1, -0.05) is 18.2 Å². The number of carboxylic acids is 2. The van der Waals surface area contributed by atoms with Gasteiger partial charge in [0.1, 0.15) is 6.04 Å².